The number of amides is 1. The van der Waals surface area contributed by atoms with E-state index in [1.165, 1.54) is 12.1 Å². The first-order valence-corrected chi connectivity index (χ1v) is 8.56. The third kappa shape index (κ3) is 5.02. The number of benzene rings is 1. The molecule has 21 heavy (non-hydrogen) atoms. The molecule has 0 heterocycles. The molecule has 3 N–H and O–H groups in total. The van der Waals surface area contributed by atoms with Crippen LogP contribution in [0.5, 0.6) is 5.75 Å². The molecule has 1 atom stereocenters. The van der Waals surface area contributed by atoms with E-state index in [0.717, 1.165) is 12.7 Å². The Hall–Kier alpha value is -1.60. The Kier molecular flexibility index (Phi) is 5.74. The molecule has 0 fully saturated rings. The Balaban J connectivity index is 2.75. The van der Waals surface area contributed by atoms with Gasteiger partial charge in [0.25, 0.3) is 0 Å². The smallest absolute Gasteiger partial charge is 0.240 e. The molecule has 0 saturated carbocycles. The van der Waals surface area contributed by atoms with E-state index < -0.39 is 21.3 Å². The van der Waals surface area contributed by atoms with Gasteiger partial charge in [0.15, 0.2) is 9.84 Å². The number of hydrogen-bond donors (Lipinski definition) is 2. The lowest BCUT2D eigenvalue weighted by molar-refractivity contribution is -0.125. The van der Waals surface area contributed by atoms with Gasteiger partial charge < -0.3 is 15.8 Å². The van der Waals surface area contributed by atoms with E-state index in [4.69, 9.17) is 10.5 Å². The van der Waals surface area contributed by atoms with Gasteiger partial charge in [-0.25, -0.2) is 8.42 Å². The molecule has 1 aromatic carbocycles. The molecule has 0 radical (unpaired) electrons. The fourth-order valence-corrected chi connectivity index (χ4v) is 2.25. The lowest BCUT2D eigenvalue weighted by Crippen LogP contribution is -2.57. The Bertz CT molecular complexity index is 583. The summed E-state index contributed by atoms with van der Waals surface area (Å²) in [6, 6.07) is 6.03. The van der Waals surface area contributed by atoms with Gasteiger partial charge in [-0.1, -0.05) is 6.92 Å². The van der Waals surface area contributed by atoms with E-state index in [9.17, 15) is 13.2 Å². The molecule has 0 aliphatic heterocycles. The van der Waals surface area contributed by atoms with Crippen molar-refractivity contribution in [2.45, 2.75) is 30.7 Å². The lowest BCUT2D eigenvalue weighted by Gasteiger charge is -2.27. The van der Waals surface area contributed by atoms with Gasteiger partial charge in [-0.15, -0.1) is 0 Å². The molecule has 0 aliphatic carbocycles. The van der Waals surface area contributed by atoms with Crippen molar-refractivity contribution < 1.29 is 17.9 Å². The third-order valence-electron chi connectivity index (χ3n) is 3.09. The molecule has 1 rings (SSSR count). The van der Waals surface area contributed by atoms with E-state index in [0.29, 0.717) is 12.3 Å². The molecular formula is C14H22N2O4S. The SMILES string of the molecule is CCCNC(C)(COc1ccc(S(C)(=O)=O)cc1)C(N)=O. The van der Waals surface area contributed by atoms with Crippen molar-refractivity contribution in [1.29, 1.82) is 0 Å². The number of hydrogen-bond acceptors (Lipinski definition) is 5. The molecule has 7 heteroatoms. The monoisotopic (exact) mass is 314 g/mol. The fourth-order valence-electron chi connectivity index (χ4n) is 1.62. The zero-order chi connectivity index (χ0) is 16.1. The first-order valence-electron chi connectivity index (χ1n) is 6.67. The first-order chi connectivity index (χ1) is 9.69. The zero-order valence-corrected chi connectivity index (χ0v) is 13.4. The maximum absolute atomic E-state index is 11.5. The van der Waals surface area contributed by atoms with Crippen molar-refractivity contribution >= 4 is 15.7 Å². The average Bonchev–Trinajstić information content (AvgIpc) is 2.42. The maximum atomic E-state index is 11.5. The molecule has 0 spiro atoms. The van der Waals surface area contributed by atoms with Gasteiger partial charge in [-0.3, -0.25) is 4.79 Å². The minimum absolute atomic E-state index is 0.0700. The highest BCUT2D eigenvalue weighted by atomic mass is 32.2. The molecule has 118 valence electrons. The highest BCUT2D eigenvalue weighted by Gasteiger charge is 2.31. The molecule has 0 saturated heterocycles. The normalized spacial score (nSPS) is 14.4. The number of carbonyl (C=O) groups excluding carboxylic acids is 1. The van der Waals surface area contributed by atoms with Gasteiger partial charge in [0.05, 0.1) is 4.90 Å². The highest BCUT2D eigenvalue weighted by molar-refractivity contribution is 7.90. The largest absolute Gasteiger partial charge is 0.491 e. The summed E-state index contributed by atoms with van der Waals surface area (Å²) in [4.78, 5) is 11.8. The van der Waals surface area contributed by atoms with Gasteiger partial charge in [0.1, 0.15) is 17.9 Å². The summed E-state index contributed by atoms with van der Waals surface area (Å²) < 4.78 is 28.3. The summed E-state index contributed by atoms with van der Waals surface area (Å²) in [6.45, 7) is 4.38. The average molecular weight is 314 g/mol. The summed E-state index contributed by atoms with van der Waals surface area (Å²) in [5.74, 6) is -0.0168. The molecular weight excluding hydrogens is 292 g/mol. The van der Waals surface area contributed by atoms with Crippen molar-refractivity contribution in [2.75, 3.05) is 19.4 Å². The quantitative estimate of drug-likeness (QED) is 0.736. The second kappa shape index (κ2) is 6.91. The van der Waals surface area contributed by atoms with Crippen LogP contribution in [0.1, 0.15) is 20.3 Å². The number of primary amides is 1. The van der Waals surface area contributed by atoms with Crippen molar-refractivity contribution in [1.82, 2.24) is 5.32 Å². The summed E-state index contributed by atoms with van der Waals surface area (Å²) in [5.41, 5.74) is 4.43. The van der Waals surface area contributed by atoms with Crippen LogP contribution >= 0.6 is 0 Å². The number of ether oxygens (including phenoxy) is 1. The van der Waals surface area contributed by atoms with E-state index in [1.807, 2.05) is 6.92 Å². The number of nitrogens with two attached hydrogens (primary N) is 1. The minimum Gasteiger partial charge on any atom is -0.491 e. The van der Waals surface area contributed by atoms with Crippen LogP contribution < -0.4 is 15.8 Å². The van der Waals surface area contributed by atoms with Crippen LogP contribution in [-0.2, 0) is 14.6 Å². The molecule has 0 aromatic heterocycles. The van der Waals surface area contributed by atoms with Crippen LogP contribution in [0.3, 0.4) is 0 Å². The minimum atomic E-state index is -3.23. The standard InChI is InChI=1S/C14H22N2O4S/c1-4-9-16-14(2,13(15)17)10-20-11-5-7-12(8-6-11)21(3,18)19/h5-8,16H,4,9-10H2,1-3H3,(H2,15,17). The summed E-state index contributed by atoms with van der Waals surface area (Å²) in [6.07, 6.45) is 2.01. The number of carbonyl (C=O) groups is 1. The van der Waals surface area contributed by atoms with Crippen LogP contribution in [0, 0.1) is 0 Å². The van der Waals surface area contributed by atoms with E-state index in [1.54, 1.807) is 19.1 Å². The molecule has 1 unspecified atom stereocenters. The van der Waals surface area contributed by atoms with Gasteiger partial charge >= 0.3 is 0 Å². The van der Waals surface area contributed by atoms with Crippen molar-refractivity contribution in [2.24, 2.45) is 5.73 Å². The van der Waals surface area contributed by atoms with Crippen LogP contribution in [0.4, 0.5) is 0 Å². The number of nitrogens with one attached hydrogen (secondary N) is 1. The lowest BCUT2D eigenvalue weighted by atomic mass is 10.0. The first kappa shape index (κ1) is 17.5. The van der Waals surface area contributed by atoms with Crippen molar-refractivity contribution in [3.05, 3.63) is 24.3 Å². The Morgan fingerprint density at radius 1 is 1.33 bits per heavy atom. The van der Waals surface area contributed by atoms with E-state index in [2.05, 4.69) is 5.32 Å². The molecule has 1 amide bonds. The fraction of sp³-hybridized carbons (Fsp3) is 0.500. The number of rotatable bonds is 8. The number of sulfone groups is 1. The topological polar surface area (TPSA) is 98.5 Å². The van der Waals surface area contributed by atoms with Gasteiger partial charge in [0.2, 0.25) is 5.91 Å². The van der Waals surface area contributed by atoms with Crippen LogP contribution in [-0.4, -0.2) is 39.3 Å². The van der Waals surface area contributed by atoms with E-state index >= 15 is 0 Å². The Labute approximate surface area is 125 Å². The molecule has 0 aliphatic rings. The summed E-state index contributed by atoms with van der Waals surface area (Å²) in [5, 5.41) is 3.06. The Morgan fingerprint density at radius 3 is 2.33 bits per heavy atom. The van der Waals surface area contributed by atoms with E-state index in [-0.39, 0.29) is 11.5 Å². The predicted molar refractivity (Wildman–Crippen MR) is 80.9 cm³/mol. The van der Waals surface area contributed by atoms with Crippen LogP contribution in [0.15, 0.2) is 29.2 Å². The Morgan fingerprint density at radius 2 is 1.90 bits per heavy atom. The predicted octanol–water partition coefficient (Wildman–Crippen LogP) is 0.713. The maximum Gasteiger partial charge on any atom is 0.240 e. The molecule has 0 bridgehead atoms. The third-order valence-corrected chi connectivity index (χ3v) is 4.22. The van der Waals surface area contributed by atoms with Crippen LogP contribution in [0.2, 0.25) is 0 Å². The van der Waals surface area contributed by atoms with Crippen molar-refractivity contribution in [3.8, 4) is 5.75 Å². The van der Waals surface area contributed by atoms with Gasteiger partial charge in [0, 0.05) is 6.26 Å². The second-order valence-corrected chi connectivity index (χ2v) is 7.17. The highest BCUT2D eigenvalue weighted by Crippen LogP contribution is 2.17. The van der Waals surface area contributed by atoms with Gasteiger partial charge in [-0.2, -0.15) is 0 Å². The molecule has 1 aromatic rings. The summed E-state index contributed by atoms with van der Waals surface area (Å²) >= 11 is 0. The van der Waals surface area contributed by atoms with Crippen LogP contribution in [0.25, 0.3) is 0 Å². The second-order valence-electron chi connectivity index (χ2n) is 5.16. The van der Waals surface area contributed by atoms with Gasteiger partial charge in [-0.05, 0) is 44.2 Å². The van der Waals surface area contributed by atoms with Crippen molar-refractivity contribution in [3.63, 3.8) is 0 Å². The summed E-state index contributed by atoms with van der Waals surface area (Å²) in [7, 11) is -3.23. The molecule has 6 nitrogen and oxygen atoms in total. The zero-order valence-electron chi connectivity index (χ0n) is 12.5.